The van der Waals surface area contributed by atoms with Gasteiger partial charge in [-0.3, -0.25) is 4.79 Å². The highest BCUT2D eigenvalue weighted by Gasteiger charge is 2.15. The summed E-state index contributed by atoms with van der Waals surface area (Å²) >= 11 is 0. The lowest BCUT2D eigenvalue weighted by atomic mass is 10.1. The number of amides is 1. The fourth-order valence-electron chi connectivity index (χ4n) is 4.46. The molecule has 0 fully saturated rings. The molecular weight excluding hydrogens is 408 g/mol. The number of hydrogen-bond donors (Lipinski definition) is 2. The Labute approximate surface area is 199 Å². The van der Waals surface area contributed by atoms with Gasteiger partial charge in [-0.2, -0.15) is 0 Å². The summed E-state index contributed by atoms with van der Waals surface area (Å²) in [4.78, 5) is 20.9. The quantitative estimate of drug-likeness (QED) is 0.320. The second-order valence-corrected chi connectivity index (χ2v) is 8.72. The molecule has 5 nitrogen and oxygen atoms in total. The number of hydrogen-bond acceptors (Lipinski definition) is 3. The molecule has 3 aromatic rings. The smallest absolute Gasteiger partial charge is 0.222 e. The van der Waals surface area contributed by atoms with Gasteiger partial charge in [-0.25, -0.2) is 0 Å². The average Bonchev–Trinajstić information content (AvgIpc) is 3.26. The van der Waals surface area contributed by atoms with Crippen LogP contribution in [0.25, 0.3) is 10.9 Å². The van der Waals surface area contributed by atoms with Gasteiger partial charge in [0.1, 0.15) is 0 Å². The zero-order valence-corrected chi connectivity index (χ0v) is 20.4. The van der Waals surface area contributed by atoms with E-state index in [0.29, 0.717) is 19.5 Å². The number of carbonyl (C=O) groups is 1. The molecule has 0 aliphatic rings. The molecule has 0 radical (unpaired) electrons. The zero-order chi connectivity index (χ0) is 23.5. The Bertz CT molecular complexity index is 975. The number of benzene rings is 2. The molecule has 0 atom stereocenters. The molecule has 0 saturated carbocycles. The molecule has 0 aliphatic heterocycles. The van der Waals surface area contributed by atoms with Gasteiger partial charge in [0.15, 0.2) is 0 Å². The fraction of sp³-hybridized carbons (Fsp3) is 0.464. The van der Waals surface area contributed by atoms with E-state index in [2.05, 4.69) is 72.4 Å². The van der Waals surface area contributed by atoms with Crippen LogP contribution in [0.2, 0.25) is 0 Å². The maximum atomic E-state index is 13.2. The molecular formula is C28H40N4O. The summed E-state index contributed by atoms with van der Waals surface area (Å²) in [5, 5.41) is 1.26. The van der Waals surface area contributed by atoms with E-state index in [0.717, 1.165) is 57.3 Å². The molecule has 1 heterocycles. The van der Waals surface area contributed by atoms with Gasteiger partial charge in [0, 0.05) is 55.4 Å². The molecule has 5 heteroatoms. The summed E-state index contributed by atoms with van der Waals surface area (Å²) in [5.41, 5.74) is 10.5. The third kappa shape index (κ3) is 7.10. The lowest BCUT2D eigenvalue weighted by molar-refractivity contribution is -0.132. The molecule has 0 aliphatic carbocycles. The van der Waals surface area contributed by atoms with Gasteiger partial charge in [-0.05, 0) is 75.4 Å². The first-order chi connectivity index (χ1) is 16.2. The molecule has 0 spiro atoms. The minimum absolute atomic E-state index is 0.246. The number of unbranched alkanes of at least 4 members (excludes halogenated alkanes) is 2. The van der Waals surface area contributed by atoms with Crippen LogP contribution in [0.1, 0.15) is 57.1 Å². The molecule has 178 valence electrons. The zero-order valence-electron chi connectivity index (χ0n) is 20.4. The Kier molecular flexibility index (Phi) is 9.82. The van der Waals surface area contributed by atoms with Crippen LogP contribution in [0, 0.1) is 0 Å². The minimum Gasteiger partial charge on any atom is -0.372 e. The monoisotopic (exact) mass is 448 g/mol. The SMILES string of the molecule is CCN(CC)c1ccc(CN(CCCCCN)C(=O)CCCc2c[nH]c3ccccc23)cc1. The van der Waals surface area contributed by atoms with Crippen molar-refractivity contribution in [3.63, 3.8) is 0 Å². The first-order valence-corrected chi connectivity index (χ1v) is 12.5. The normalized spacial score (nSPS) is 11.1. The number of nitrogens with zero attached hydrogens (tertiary/aromatic N) is 2. The number of aromatic amines is 1. The van der Waals surface area contributed by atoms with Crippen molar-refractivity contribution in [1.82, 2.24) is 9.88 Å². The molecule has 0 unspecified atom stereocenters. The molecule has 1 amide bonds. The summed E-state index contributed by atoms with van der Waals surface area (Å²) in [6.45, 7) is 8.53. The number of para-hydroxylation sites is 1. The molecule has 2 aromatic carbocycles. The van der Waals surface area contributed by atoms with Gasteiger partial charge < -0.3 is 20.5 Å². The van der Waals surface area contributed by atoms with Crippen LogP contribution in [0.5, 0.6) is 0 Å². The molecule has 1 aromatic heterocycles. The van der Waals surface area contributed by atoms with E-state index in [9.17, 15) is 4.79 Å². The first-order valence-electron chi connectivity index (χ1n) is 12.5. The number of fused-ring (bicyclic) bond motifs is 1. The summed E-state index contributed by atoms with van der Waals surface area (Å²) in [6, 6.07) is 17.0. The summed E-state index contributed by atoms with van der Waals surface area (Å²) in [6.07, 6.45) is 7.52. The highest BCUT2D eigenvalue weighted by Crippen LogP contribution is 2.20. The summed E-state index contributed by atoms with van der Waals surface area (Å²) in [5.74, 6) is 0.246. The van der Waals surface area contributed by atoms with Crippen molar-refractivity contribution < 1.29 is 4.79 Å². The Morgan fingerprint density at radius 1 is 0.939 bits per heavy atom. The number of H-pyrrole nitrogens is 1. The van der Waals surface area contributed by atoms with Crippen molar-refractivity contribution in [2.45, 2.75) is 58.9 Å². The molecule has 0 bridgehead atoms. The van der Waals surface area contributed by atoms with E-state index < -0.39 is 0 Å². The number of nitrogens with two attached hydrogens (primary N) is 1. The van der Waals surface area contributed by atoms with E-state index >= 15 is 0 Å². The minimum atomic E-state index is 0.246. The molecule has 3 rings (SSSR count). The standard InChI is InChI=1S/C28H40N4O/c1-3-31(4-2)25-17-15-23(16-18-25)22-32(20-9-5-8-19-29)28(33)14-10-11-24-21-30-27-13-7-6-12-26(24)27/h6-7,12-13,15-18,21,30H,3-5,8-11,14,19-20,22,29H2,1-2H3. The number of aromatic nitrogens is 1. The van der Waals surface area contributed by atoms with Crippen molar-refractivity contribution in [3.05, 3.63) is 65.9 Å². The number of nitrogens with one attached hydrogen (secondary N) is 1. The van der Waals surface area contributed by atoms with Crippen LogP contribution in [0.15, 0.2) is 54.7 Å². The molecule has 33 heavy (non-hydrogen) atoms. The number of carbonyl (C=O) groups excluding carboxylic acids is 1. The van der Waals surface area contributed by atoms with Gasteiger partial charge in [-0.1, -0.05) is 36.8 Å². The largest absolute Gasteiger partial charge is 0.372 e. The van der Waals surface area contributed by atoms with E-state index in [4.69, 9.17) is 5.73 Å². The number of anilines is 1. The van der Waals surface area contributed by atoms with E-state index in [1.165, 1.54) is 22.2 Å². The molecule has 0 saturated heterocycles. The van der Waals surface area contributed by atoms with Crippen molar-refractivity contribution >= 4 is 22.5 Å². The van der Waals surface area contributed by atoms with Gasteiger partial charge in [0.2, 0.25) is 5.91 Å². The van der Waals surface area contributed by atoms with Crippen molar-refractivity contribution in [2.24, 2.45) is 5.73 Å². The predicted molar refractivity (Wildman–Crippen MR) is 140 cm³/mol. The van der Waals surface area contributed by atoms with Crippen molar-refractivity contribution in [1.29, 1.82) is 0 Å². The summed E-state index contributed by atoms with van der Waals surface area (Å²) in [7, 11) is 0. The van der Waals surface area contributed by atoms with Crippen LogP contribution < -0.4 is 10.6 Å². The van der Waals surface area contributed by atoms with Crippen LogP contribution in [0.4, 0.5) is 5.69 Å². The van der Waals surface area contributed by atoms with Crippen molar-refractivity contribution in [2.75, 3.05) is 31.1 Å². The van der Waals surface area contributed by atoms with Gasteiger partial charge in [-0.15, -0.1) is 0 Å². The van der Waals surface area contributed by atoms with Crippen molar-refractivity contribution in [3.8, 4) is 0 Å². The second-order valence-electron chi connectivity index (χ2n) is 8.72. The van der Waals surface area contributed by atoms with E-state index in [1.54, 1.807) is 0 Å². The summed E-state index contributed by atoms with van der Waals surface area (Å²) < 4.78 is 0. The third-order valence-electron chi connectivity index (χ3n) is 6.43. The predicted octanol–water partition coefficient (Wildman–Crippen LogP) is 5.49. The van der Waals surface area contributed by atoms with Crippen LogP contribution in [-0.2, 0) is 17.8 Å². The maximum Gasteiger partial charge on any atom is 0.222 e. The Hall–Kier alpha value is -2.79. The number of aryl methyl sites for hydroxylation is 1. The Morgan fingerprint density at radius 3 is 2.42 bits per heavy atom. The second kappa shape index (κ2) is 13.0. The van der Waals surface area contributed by atoms with Gasteiger partial charge in [0.25, 0.3) is 0 Å². The van der Waals surface area contributed by atoms with Gasteiger partial charge in [0.05, 0.1) is 0 Å². The average molecular weight is 449 g/mol. The highest BCUT2D eigenvalue weighted by atomic mass is 16.2. The van der Waals surface area contributed by atoms with Crippen LogP contribution in [0.3, 0.4) is 0 Å². The van der Waals surface area contributed by atoms with E-state index in [-0.39, 0.29) is 5.91 Å². The highest BCUT2D eigenvalue weighted by molar-refractivity contribution is 5.83. The van der Waals surface area contributed by atoms with E-state index in [1.807, 2.05) is 11.0 Å². The lowest BCUT2D eigenvalue weighted by Gasteiger charge is -2.24. The first kappa shape index (κ1) is 24.8. The fourth-order valence-corrected chi connectivity index (χ4v) is 4.46. The van der Waals surface area contributed by atoms with Crippen LogP contribution >= 0.6 is 0 Å². The maximum absolute atomic E-state index is 13.2. The Morgan fingerprint density at radius 2 is 1.70 bits per heavy atom. The number of rotatable bonds is 14. The third-order valence-corrected chi connectivity index (χ3v) is 6.43. The van der Waals surface area contributed by atoms with Gasteiger partial charge >= 0.3 is 0 Å². The molecule has 3 N–H and O–H groups in total. The Balaban J connectivity index is 1.59. The van der Waals surface area contributed by atoms with Crippen LogP contribution in [-0.4, -0.2) is 42.0 Å². The lowest BCUT2D eigenvalue weighted by Crippen LogP contribution is -2.31. The topological polar surface area (TPSA) is 65.4 Å².